The molecule has 2 amide bonds. The van der Waals surface area contributed by atoms with E-state index in [2.05, 4.69) is 5.32 Å². The van der Waals surface area contributed by atoms with Gasteiger partial charge in [0, 0.05) is 24.6 Å². The summed E-state index contributed by atoms with van der Waals surface area (Å²) in [7, 11) is 0. The highest BCUT2D eigenvalue weighted by Crippen LogP contribution is 2.20. The van der Waals surface area contributed by atoms with E-state index in [9.17, 15) is 14.0 Å². The van der Waals surface area contributed by atoms with Crippen LogP contribution in [0, 0.1) is 19.7 Å². The highest BCUT2D eigenvalue weighted by atomic mass is 19.1. The van der Waals surface area contributed by atoms with E-state index >= 15 is 0 Å². The average molecular weight is 461 g/mol. The smallest absolute Gasteiger partial charge is 0.243 e. The summed E-state index contributed by atoms with van der Waals surface area (Å²) in [6, 6.07) is 21.1. The Kier molecular flexibility index (Phi) is 8.58. The number of rotatable bonds is 9. The minimum Gasteiger partial charge on any atom is -0.352 e. The lowest BCUT2D eigenvalue weighted by molar-refractivity contribution is -0.141. The largest absolute Gasteiger partial charge is 0.352 e. The number of amides is 2. The standard InChI is InChI=1S/C29H33FN2O2/c1-20(2)31-29(34)27(17-23-10-6-5-7-11-23)32(19-24-12-8-9-13-26(24)30)28(33)18-25-16-21(3)14-15-22(25)4/h5-16,20,27H,17-19H2,1-4H3,(H,31,34). The molecular formula is C29H33FN2O2. The van der Waals surface area contributed by atoms with Gasteiger partial charge in [0.25, 0.3) is 0 Å². The van der Waals surface area contributed by atoms with E-state index in [1.807, 2.05) is 76.2 Å². The van der Waals surface area contributed by atoms with Gasteiger partial charge in [-0.2, -0.15) is 0 Å². The van der Waals surface area contributed by atoms with Crippen molar-refractivity contribution in [2.75, 3.05) is 0 Å². The van der Waals surface area contributed by atoms with Gasteiger partial charge in [-0.25, -0.2) is 4.39 Å². The number of carbonyl (C=O) groups excluding carboxylic acids is 2. The topological polar surface area (TPSA) is 49.4 Å². The minimum atomic E-state index is -0.776. The summed E-state index contributed by atoms with van der Waals surface area (Å²) < 4.78 is 14.6. The first kappa shape index (κ1) is 25.2. The van der Waals surface area contributed by atoms with Crippen molar-refractivity contribution in [2.24, 2.45) is 0 Å². The molecule has 34 heavy (non-hydrogen) atoms. The molecule has 1 unspecified atom stereocenters. The third-order valence-corrected chi connectivity index (χ3v) is 5.85. The molecule has 1 atom stereocenters. The third kappa shape index (κ3) is 6.77. The SMILES string of the molecule is Cc1ccc(C)c(CC(=O)N(Cc2ccccc2F)C(Cc2ccccc2)C(=O)NC(C)C)c1. The Hall–Kier alpha value is -3.47. The van der Waals surface area contributed by atoms with E-state index < -0.39 is 11.9 Å². The van der Waals surface area contributed by atoms with Crippen molar-refractivity contribution in [3.05, 3.63) is 106 Å². The molecule has 0 aliphatic heterocycles. The first-order chi connectivity index (χ1) is 16.2. The van der Waals surface area contributed by atoms with E-state index in [-0.39, 0.29) is 30.8 Å². The van der Waals surface area contributed by atoms with E-state index in [0.717, 1.165) is 22.3 Å². The number of aryl methyl sites for hydroxylation is 2. The zero-order valence-electron chi connectivity index (χ0n) is 20.3. The van der Waals surface area contributed by atoms with Crippen molar-refractivity contribution in [1.29, 1.82) is 0 Å². The van der Waals surface area contributed by atoms with Crippen molar-refractivity contribution in [3.8, 4) is 0 Å². The van der Waals surface area contributed by atoms with Crippen molar-refractivity contribution in [1.82, 2.24) is 10.2 Å². The van der Waals surface area contributed by atoms with Gasteiger partial charge in [-0.15, -0.1) is 0 Å². The van der Waals surface area contributed by atoms with Gasteiger partial charge in [-0.1, -0.05) is 72.3 Å². The molecule has 0 aromatic heterocycles. The fourth-order valence-electron chi connectivity index (χ4n) is 4.00. The summed E-state index contributed by atoms with van der Waals surface area (Å²) in [5, 5.41) is 2.96. The maximum Gasteiger partial charge on any atom is 0.243 e. The monoisotopic (exact) mass is 460 g/mol. The molecule has 0 aliphatic rings. The fraction of sp³-hybridized carbons (Fsp3) is 0.310. The quantitative estimate of drug-likeness (QED) is 0.480. The number of nitrogens with zero attached hydrogens (tertiary/aromatic N) is 1. The van der Waals surface area contributed by atoms with Crippen LogP contribution >= 0.6 is 0 Å². The molecule has 1 N–H and O–H groups in total. The van der Waals surface area contributed by atoms with Crippen LogP contribution in [0.3, 0.4) is 0 Å². The number of hydrogen-bond donors (Lipinski definition) is 1. The van der Waals surface area contributed by atoms with Crippen molar-refractivity contribution < 1.29 is 14.0 Å². The number of hydrogen-bond acceptors (Lipinski definition) is 2. The van der Waals surface area contributed by atoms with E-state index in [4.69, 9.17) is 0 Å². The Morgan fingerprint density at radius 1 is 0.912 bits per heavy atom. The molecule has 0 heterocycles. The Bertz CT molecular complexity index is 1130. The first-order valence-electron chi connectivity index (χ1n) is 11.7. The second-order valence-electron chi connectivity index (χ2n) is 9.09. The average Bonchev–Trinajstić information content (AvgIpc) is 2.80. The van der Waals surface area contributed by atoms with Gasteiger partial charge in [0.05, 0.1) is 6.42 Å². The van der Waals surface area contributed by atoms with Gasteiger partial charge in [0.15, 0.2) is 0 Å². The fourth-order valence-corrected chi connectivity index (χ4v) is 4.00. The van der Waals surface area contributed by atoms with Gasteiger partial charge >= 0.3 is 0 Å². The van der Waals surface area contributed by atoms with Gasteiger partial charge < -0.3 is 10.2 Å². The van der Waals surface area contributed by atoms with Crippen molar-refractivity contribution >= 4 is 11.8 Å². The molecule has 4 nitrogen and oxygen atoms in total. The summed E-state index contributed by atoms with van der Waals surface area (Å²) in [5.41, 5.74) is 4.30. The van der Waals surface area contributed by atoms with E-state index in [1.54, 1.807) is 18.2 Å². The molecule has 0 radical (unpaired) electrons. The Morgan fingerprint density at radius 3 is 2.26 bits per heavy atom. The van der Waals surface area contributed by atoms with Crippen LogP contribution in [0.1, 0.15) is 41.7 Å². The summed E-state index contributed by atoms with van der Waals surface area (Å²) in [4.78, 5) is 28.6. The molecule has 5 heteroatoms. The molecule has 0 bridgehead atoms. The van der Waals surface area contributed by atoms with Crippen molar-refractivity contribution in [2.45, 2.75) is 59.2 Å². The number of nitrogens with one attached hydrogen (secondary N) is 1. The Morgan fingerprint density at radius 2 is 1.59 bits per heavy atom. The van der Waals surface area contributed by atoms with Gasteiger partial charge in [-0.05, 0) is 50.5 Å². The maximum absolute atomic E-state index is 14.6. The second-order valence-corrected chi connectivity index (χ2v) is 9.09. The molecule has 3 aromatic rings. The molecule has 3 aromatic carbocycles. The van der Waals surface area contributed by atoms with Crippen LogP contribution in [0.5, 0.6) is 0 Å². The minimum absolute atomic E-state index is 0.0133. The zero-order chi connectivity index (χ0) is 24.7. The molecule has 3 rings (SSSR count). The summed E-state index contributed by atoms with van der Waals surface area (Å²) >= 11 is 0. The number of benzene rings is 3. The normalized spacial score (nSPS) is 11.8. The Balaban J connectivity index is 2.01. The summed E-state index contributed by atoms with van der Waals surface area (Å²) in [5.74, 6) is -0.851. The molecule has 0 aliphatic carbocycles. The molecule has 0 saturated carbocycles. The van der Waals surface area contributed by atoms with Crippen molar-refractivity contribution in [3.63, 3.8) is 0 Å². The maximum atomic E-state index is 14.6. The van der Waals surface area contributed by atoms with Crippen LogP contribution in [0.15, 0.2) is 72.8 Å². The summed E-state index contributed by atoms with van der Waals surface area (Å²) in [6.45, 7) is 7.74. The highest BCUT2D eigenvalue weighted by molar-refractivity contribution is 5.89. The summed E-state index contributed by atoms with van der Waals surface area (Å²) in [6.07, 6.45) is 0.481. The van der Waals surface area contributed by atoms with Crippen LogP contribution in [-0.4, -0.2) is 28.8 Å². The lowest BCUT2D eigenvalue weighted by Crippen LogP contribution is -2.52. The molecular weight excluding hydrogens is 427 g/mol. The lowest BCUT2D eigenvalue weighted by Gasteiger charge is -2.32. The number of halogens is 1. The van der Waals surface area contributed by atoms with Crippen LogP contribution in [0.2, 0.25) is 0 Å². The predicted octanol–water partition coefficient (Wildman–Crippen LogP) is 5.15. The molecule has 178 valence electrons. The van der Waals surface area contributed by atoms with Gasteiger partial charge in [-0.3, -0.25) is 9.59 Å². The van der Waals surface area contributed by atoms with Crippen LogP contribution in [-0.2, 0) is 29.0 Å². The second kappa shape index (κ2) is 11.6. The van der Waals surface area contributed by atoms with Gasteiger partial charge in [0.2, 0.25) is 11.8 Å². The number of carbonyl (C=O) groups is 2. The molecule has 0 spiro atoms. The predicted molar refractivity (Wildman–Crippen MR) is 134 cm³/mol. The third-order valence-electron chi connectivity index (χ3n) is 5.85. The highest BCUT2D eigenvalue weighted by Gasteiger charge is 2.31. The van der Waals surface area contributed by atoms with E-state index in [0.29, 0.717) is 12.0 Å². The van der Waals surface area contributed by atoms with Crippen LogP contribution < -0.4 is 5.32 Å². The van der Waals surface area contributed by atoms with Crippen LogP contribution in [0.4, 0.5) is 4.39 Å². The lowest BCUT2D eigenvalue weighted by atomic mass is 9.99. The molecule has 0 saturated heterocycles. The van der Waals surface area contributed by atoms with Gasteiger partial charge in [0.1, 0.15) is 11.9 Å². The molecule has 0 fully saturated rings. The van der Waals surface area contributed by atoms with E-state index in [1.165, 1.54) is 11.0 Å². The first-order valence-corrected chi connectivity index (χ1v) is 11.7. The van der Waals surface area contributed by atoms with Crippen LogP contribution in [0.25, 0.3) is 0 Å². The Labute approximate surface area is 201 Å². The zero-order valence-corrected chi connectivity index (χ0v) is 20.3.